The summed E-state index contributed by atoms with van der Waals surface area (Å²) in [4.78, 5) is 25.6. The van der Waals surface area contributed by atoms with Gasteiger partial charge < -0.3 is 9.47 Å². The molecule has 0 aromatic heterocycles. The lowest BCUT2D eigenvalue weighted by Crippen LogP contribution is -2.30. The normalized spacial score (nSPS) is 20.4. The lowest BCUT2D eigenvalue weighted by molar-refractivity contribution is -0.117. The summed E-state index contributed by atoms with van der Waals surface area (Å²) in [6.45, 7) is 2.48. The molecule has 0 spiro atoms. The molecule has 1 heterocycles. The number of ketones is 2. The van der Waals surface area contributed by atoms with Crippen molar-refractivity contribution in [1.29, 1.82) is 0 Å². The highest BCUT2D eigenvalue weighted by Gasteiger charge is 2.42. The van der Waals surface area contributed by atoms with E-state index in [1.165, 1.54) is 0 Å². The summed E-state index contributed by atoms with van der Waals surface area (Å²) in [5.74, 6) is 2.06. The van der Waals surface area contributed by atoms with Gasteiger partial charge in [0, 0.05) is 42.7 Å². The predicted octanol–water partition coefficient (Wildman–Crippen LogP) is 5.74. The molecule has 0 radical (unpaired) electrons. The molecule has 0 unspecified atom stereocenters. The Bertz CT molecular complexity index is 832. The van der Waals surface area contributed by atoms with Crippen molar-refractivity contribution in [3.63, 3.8) is 0 Å². The molecule has 0 fully saturated rings. The first-order chi connectivity index (χ1) is 13.0. The second kappa shape index (κ2) is 7.55. The molecule has 0 saturated carbocycles. The van der Waals surface area contributed by atoms with Gasteiger partial charge in [-0.15, -0.1) is 0 Å². The van der Waals surface area contributed by atoms with E-state index >= 15 is 0 Å². The van der Waals surface area contributed by atoms with Crippen LogP contribution in [0.2, 0.25) is 0 Å². The van der Waals surface area contributed by atoms with Gasteiger partial charge in [0.05, 0.1) is 15.6 Å². The van der Waals surface area contributed by atoms with Crippen LogP contribution in [-0.4, -0.2) is 18.2 Å². The fourth-order valence-electron chi connectivity index (χ4n) is 4.18. The van der Waals surface area contributed by atoms with Crippen LogP contribution in [0.1, 0.15) is 56.9 Å². The van der Waals surface area contributed by atoms with Crippen LogP contribution in [0.15, 0.2) is 43.7 Å². The Morgan fingerprint density at radius 1 is 0.963 bits per heavy atom. The number of carbonyl (C=O) groups is 2. The van der Waals surface area contributed by atoms with Crippen LogP contribution in [0.3, 0.4) is 0 Å². The summed E-state index contributed by atoms with van der Waals surface area (Å²) in [7, 11) is 0. The van der Waals surface area contributed by atoms with Crippen LogP contribution in [0.25, 0.3) is 0 Å². The average molecular weight is 496 g/mol. The Balaban J connectivity index is 1.90. The maximum Gasteiger partial charge on any atom is 0.163 e. The van der Waals surface area contributed by atoms with Crippen molar-refractivity contribution >= 4 is 43.4 Å². The number of ether oxygens (including phenoxy) is 2. The third-order valence-corrected chi connectivity index (χ3v) is 6.46. The highest BCUT2D eigenvalue weighted by Crippen LogP contribution is 2.49. The van der Waals surface area contributed by atoms with Crippen molar-refractivity contribution in [2.24, 2.45) is 0 Å². The zero-order valence-corrected chi connectivity index (χ0v) is 18.2. The van der Waals surface area contributed by atoms with E-state index in [1.54, 1.807) is 0 Å². The van der Waals surface area contributed by atoms with E-state index < -0.39 is 0 Å². The first-order valence-corrected chi connectivity index (χ1v) is 10.9. The topological polar surface area (TPSA) is 52.6 Å². The summed E-state index contributed by atoms with van der Waals surface area (Å²) < 4.78 is 13.4. The van der Waals surface area contributed by atoms with Gasteiger partial charge in [0.25, 0.3) is 0 Å². The quantitative estimate of drug-likeness (QED) is 0.536. The average Bonchev–Trinajstić information content (AvgIpc) is 2.63. The van der Waals surface area contributed by atoms with Crippen LogP contribution in [0.4, 0.5) is 0 Å². The van der Waals surface area contributed by atoms with Gasteiger partial charge in [-0.2, -0.15) is 0 Å². The molecule has 1 aromatic rings. The number of Topliss-reactive ketones (excluding diaryl/α,β-unsaturated/α-hetero) is 2. The third-order valence-electron chi connectivity index (χ3n) is 5.28. The summed E-state index contributed by atoms with van der Waals surface area (Å²) in [5, 5.41) is 0. The highest BCUT2D eigenvalue weighted by atomic mass is 79.9. The number of benzene rings is 1. The first kappa shape index (κ1) is 18.9. The van der Waals surface area contributed by atoms with Crippen LogP contribution >= 0.6 is 31.9 Å². The molecule has 0 bridgehead atoms. The van der Waals surface area contributed by atoms with E-state index in [4.69, 9.17) is 9.47 Å². The van der Waals surface area contributed by atoms with Gasteiger partial charge in [-0.05, 0) is 69.3 Å². The fourth-order valence-corrected chi connectivity index (χ4v) is 5.63. The summed E-state index contributed by atoms with van der Waals surface area (Å²) >= 11 is 7.17. The Morgan fingerprint density at radius 3 is 1.96 bits per heavy atom. The lowest BCUT2D eigenvalue weighted by atomic mass is 9.73. The molecule has 0 atom stereocenters. The Labute approximate surface area is 175 Å². The van der Waals surface area contributed by atoms with Crippen molar-refractivity contribution in [2.75, 3.05) is 6.61 Å². The molecule has 4 nitrogen and oxygen atoms in total. The smallest absolute Gasteiger partial charge is 0.163 e. The van der Waals surface area contributed by atoms with Gasteiger partial charge in [0.1, 0.15) is 17.3 Å². The molecule has 3 aliphatic rings. The summed E-state index contributed by atoms with van der Waals surface area (Å²) in [5.41, 5.74) is 2.24. The lowest BCUT2D eigenvalue weighted by Gasteiger charge is -2.36. The molecule has 1 aromatic carbocycles. The third kappa shape index (κ3) is 3.31. The van der Waals surface area contributed by atoms with Gasteiger partial charge >= 0.3 is 0 Å². The number of allylic oxidation sites excluding steroid dienone is 4. The van der Waals surface area contributed by atoms with E-state index in [0.29, 0.717) is 30.6 Å². The van der Waals surface area contributed by atoms with Gasteiger partial charge in [-0.1, -0.05) is 0 Å². The van der Waals surface area contributed by atoms with Crippen molar-refractivity contribution in [3.05, 3.63) is 49.3 Å². The Kier molecular flexibility index (Phi) is 5.30. The maximum atomic E-state index is 12.8. The van der Waals surface area contributed by atoms with Crippen molar-refractivity contribution < 1.29 is 19.1 Å². The van der Waals surface area contributed by atoms with Gasteiger partial charge in [-0.3, -0.25) is 9.59 Å². The van der Waals surface area contributed by atoms with E-state index in [1.807, 2.05) is 19.1 Å². The molecule has 4 rings (SSSR count). The first-order valence-electron chi connectivity index (χ1n) is 9.33. The number of hydrogen-bond donors (Lipinski definition) is 0. The largest absolute Gasteiger partial charge is 0.492 e. The van der Waals surface area contributed by atoms with E-state index in [-0.39, 0.29) is 17.5 Å². The van der Waals surface area contributed by atoms with E-state index in [2.05, 4.69) is 31.9 Å². The molecule has 6 heteroatoms. The number of carbonyl (C=O) groups excluding carboxylic acids is 2. The Morgan fingerprint density at radius 2 is 1.48 bits per heavy atom. The molecular weight excluding hydrogens is 476 g/mol. The van der Waals surface area contributed by atoms with E-state index in [9.17, 15) is 9.59 Å². The van der Waals surface area contributed by atoms with Crippen LogP contribution in [0.5, 0.6) is 5.75 Å². The zero-order chi connectivity index (χ0) is 19.1. The number of hydrogen-bond acceptors (Lipinski definition) is 4. The second-order valence-electron chi connectivity index (χ2n) is 7.01. The highest BCUT2D eigenvalue weighted by molar-refractivity contribution is 9.11. The van der Waals surface area contributed by atoms with Gasteiger partial charge in [0.15, 0.2) is 11.6 Å². The standard InChI is InChI=1S/C21H20Br2O4/c1-2-26-21-12(22)9-11(10-13(21)23)18-19-14(24)5-3-7-16(19)27-17-8-4-6-15(25)20(17)18/h9-10,18H,2-8H2,1H3. The monoisotopic (exact) mass is 494 g/mol. The summed E-state index contributed by atoms with van der Waals surface area (Å²) in [6.07, 6.45) is 4.13. The minimum Gasteiger partial charge on any atom is -0.492 e. The molecule has 0 N–H and O–H groups in total. The minimum atomic E-state index is -0.354. The van der Waals surface area contributed by atoms with Crippen LogP contribution in [-0.2, 0) is 14.3 Å². The molecule has 142 valence electrons. The van der Waals surface area contributed by atoms with Gasteiger partial charge in [-0.25, -0.2) is 0 Å². The fraction of sp³-hybridized carbons (Fsp3) is 0.429. The molecule has 0 saturated heterocycles. The second-order valence-corrected chi connectivity index (χ2v) is 8.72. The van der Waals surface area contributed by atoms with Crippen LogP contribution < -0.4 is 4.74 Å². The van der Waals surface area contributed by atoms with Crippen molar-refractivity contribution in [2.45, 2.75) is 51.4 Å². The van der Waals surface area contributed by atoms with E-state index in [0.717, 1.165) is 57.5 Å². The predicted molar refractivity (Wildman–Crippen MR) is 109 cm³/mol. The molecular formula is C21H20Br2O4. The van der Waals surface area contributed by atoms with Crippen molar-refractivity contribution in [3.8, 4) is 5.75 Å². The molecule has 27 heavy (non-hydrogen) atoms. The molecule has 2 aliphatic carbocycles. The van der Waals surface area contributed by atoms with Crippen LogP contribution in [0, 0.1) is 0 Å². The number of halogens is 2. The van der Waals surface area contributed by atoms with Gasteiger partial charge in [0.2, 0.25) is 0 Å². The SMILES string of the molecule is CCOc1c(Br)cc(C2C3=C(CCCC3=O)OC3=C2C(=O)CCC3)cc1Br. The van der Waals surface area contributed by atoms with Crippen molar-refractivity contribution in [1.82, 2.24) is 0 Å². The summed E-state index contributed by atoms with van der Waals surface area (Å²) in [6, 6.07) is 3.93. The zero-order valence-electron chi connectivity index (χ0n) is 15.1. The maximum absolute atomic E-state index is 12.8. The molecule has 0 amide bonds. The molecule has 1 aliphatic heterocycles. The number of rotatable bonds is 3. The Hall–Kier alpha value is -1.40. The minimum absolute atomic E-state index is 0.0901.